The standard InChI is InChI=1S/C26H25F2N5O2/c27-23-6-3-19(13-24(23)28)26(35)32-11-8-18(9-12-32)17-1-4-21(5-2-17)31-25(34)20-15-33(16-20)22-7-10-29-30-14-22/h1-7,10,13-14,18,20H,8-9,11-12,15-16H2,(H,31,34). The predicted molar refractivity (Wildman–Crippen MR) is 127 cm³/mol. The summed E-state index contributed by atoms with van der Waals surface area (Å²) in [6, 6.07) is 13.0. The molecule has 35 heavy (non-hydrogen) atoms. The molecule has 0 saturated carbocycles. The van der Waals surface area contributed by atoms with Gasteiger partial charge in [0, 0.05) is 37.4 Å². The molecule has 180 valence electrons. The molecule has 2 aliphatic heterocycles. The molecule has 2 saturated heterocycles. The highest BCUT2D eigenvalue weighted by molar-refractivity contribution is 5.95. The lowest BCUT2D eigenvalue weighted by molar-refractivity contribution is -0.120. The van der Waals surface area contributed by atoms with Gasteiger partial charge in [0.1, 0.15) is 0 Å². The van der Waals surface area contributed by atoms with Gasteiger partial charge in [-0.15, -0.1) is 0 Å². The Labute approximate surface area is 201 Å². The summed E-state index contributed by atoms with van der Waals surface area (Å²) in [7, 11) is 0. The fourth-order valence-corrected chi connectivity index (χ4v) is 4.64. The Balaban J connectivity index is 1.11. The monoisotopic (exact) mass is 477 g/mol. The summed E-state index contributed by atoms with van der Waals surface area (Å²) in [6.45, 7) is 2.40. The molecule has 1 aromatic heterocycles. The van der Waals surface area contributed by atoms with E-state index in [4.69, 9.17) is 0 Å². The minimum Gasteiger partial charge on any atom is -0.368 e. The van der Waals surface area contributed by atoms with Crippen LogP contribution < -0.4 is 10.2 Å². The summed E-state index contributed by atoms with van der Waals surface area (Å²) < 4.78 is 26.6. The van der Waals surface area contributed by atoms with E-state index < -0.39 is 11.6 Å². The van der Waals surface area contributed by atoms with Gasteiger partial charge in [0.2, 0.25) is 5.91 Å². The second kappa shape index (κ2) is 9.77. The number of rotatable bonds is 5. The molecule has 0 aliphatic carbocycles. The molecule has 0 atom stereocenters. The first-order chi connectivity index (χ1) is 17.0. The maximum atomic E-state index is 13.5. The molecule has 7 nitrogen and oxygen atoms in total. The first kappa shape index (κ1) is 22.9. The van der Waals surface area contributed by atoms with Crippen LogP contribution in [-0.2, 0) is 4.79 Å². The number of nitrogens with one attached hydrogen (secondary N) is 1. The SMILES string of the molecule is O=C(Nc1ccc(C2CCN(C(=O)c3ccc(F)c(F)c3)CC2)cc1)C1CN(c2ccnnc2)C1. The number of aromatic nitrogens is 2. The number of amides is 2. The highest BCUT2D eigenvalue weighted by atomic mass is 19.2. The van der Waals surface area contributed by atoms with Crippen molar-refractivity contribution < 1.29 is 18.4 Å². The van der Waals surface area contributed by atoms with Crippen LogP contribution in [0.3, 0.4) is 0 Å². The lowest BCUT2D eigenvalue weighted by atomic mass is 9.89. The van der Waals surface area contributed by atoms with Crippen molar-refractivity contribution in [2.75, 3.05) is 36.4 Å². The largest absolute Gasteiger partial charge is 0.368 e. The third kappa shape index (κ3) is 4.99. The molecular weight excluding hydrogens is 452 g/mol. The smallest absolute Gasteiger partial charge is 0.253 e. The molecule has 2 aromatic carbocycles. The Bertz CT molecular complexity index is 1210. The van der Waals surface area contributed by atoms with Crippen LogP contribution in [0.25, 0.3) is 0 Å². The van der Waals surface area contributed by atoms with Crippen molar-refractivity contribution in [1.82, 2.24) is 15.1 Å². The van der Waals surface area contributed by atoms with Crippen LogP contribution >= 0.6 is 0 Å². The average Bonchev–Trinajstić information content (AvgIpc) is 2.86. The lowest BCUT2D eigenvalue weighted by Gasteiger charge is -2.39. The van der Waals surface area contributed by atoms with Crippen molar-refractivity contribution in [1.29, 1.82) is 0 Å². The fraction of sp³-hybridized carbons (Fsp3) is 0.308. The quantitative estimate of drug-likeness (QED) is 0.604. The zero-order valence-electron chi connectivity index (χ0n) is 19.0. The summed E-state index contributed by atoms with van der Waals surface area (Å²) in [5.74, 6) is -2.03. The zero-order chi connectivity index (χ0) is 24.4. The Kier molecular flexibility index (Phi) is 6.39. The first-order valence-electron chi connectivity index (χ1n) is 11.6. The topological polar surface area (TPSA) is 78.4 Å². The maximum Gasteiger partial charge on any atom is 0.253 e. The number of carbonyl (C=O) groups excluding carboxylic acids is 2. The van der Waals surface area contributed by atoms with Crippen LogP contribution in [0.5, 0.6) is 0 Å². The fourth-order valence-electron chi connectivity index (χ4n) is 4.64. The van der Waals surface area contributed by atoms with E-state index in [0.717, 1.165) is 41.9 Å². The van der Waals surface area contributed by atoms with Crippen LogP contribution in [0.1, 0.15) is 34.7 Å². The minimum absolute atomic E-state index is 0.0000610. The highest BCUT2D eigenvalue weighted by Crippen LogP contribution is 2.30. The Morgan fingerprint density at radius 1 is 0.914 bits per heavy atom. The molecule has 2 amide bonds. The number of carbonyl (C=O) groups is 2. The van der Waals surface area contributed by atoms with Gasteiger partial charge in [-0.3, -0.25) is 9.59 Å². The molecular formula is C26H25F2N5O2. The van der Waals surface area contributed by atoms with E-state index >= 15 is 0 Å². The third-order valence-corrected chi connectivity index (χ3v) is 6.78. The first-order valence-corrected chi connectivity index (χ1v) is 11.6. The molecule has 3 aromatic rings. The van der Waals surface area contributed by atoms with E-state index in [1.165, 1.54) is 6.07 Å². The van der Waals surface area contributed by atoms with Gasteiger partial charge in [0.15, 0.2) is 11.6 Å². The average molecular weight is 478 g/mol. The van der Waals surface area contributed by atoms with Crippen LogP contribution in [0.2, 0.25) is 0 Å². The summed E-state index contributed by atoms with van der Waals surface area (Å²) >= 11 is 0. The van der Waals surface area contributed by atoms with Gasteiger partial charge in [-0.05, 0) is 60.7 Å². The number of likely N-dealkylation sites (tertiary alicyclic amines) is 1. The Morgan fingerprint density at radius 3 is 2.31 bits per heavy atom. The predicted octanol–water partition coefficient (Wildman–Crippen LogP) is 3.85. The Hall–Kier alpha value is -3.88. The van der Waals surface area contributed by atoms with Gasteiger partial charge >= 0.3 is 0 Å². The van der Waals surface area contributed by atoms with Crippen molar-refractivity contribution in [2.24, 2.45) is 5.92 Å². The number of nitrogens with zero attached hydrogens (tertiary/aromatic N) is 4. The molecule has 1 N–H and O–H groups in total. The van der Waals surface area contributed by atoms with Gasteiger partial charge in [-0.25, -0.2) is 8.78 Å². The summed E-state index contributed by atoms with van der Waals surface area (Å²) in [5.41, 5.74) is 3.04. The van der Waals surface area contributed by atoms with Crippen LogP contribution in [0.4, 0.5) is 20.2 Å². The summed E-state index contributed by atoms with van der Waals surface area (Å²) in [4.78, 5) is 29.0. The van der Waals surface area contributed by atoms with Gasteiger partial charge in [0.25, 0.3) is 5.91 Å². The van der Waals surface area contributed by atoms with E-state index in [-0.39, 0.29) is 23.3 Å². The molecule has 0 bridgehead atoms. The van der Waals surface area contributed by atoms with Gasteiger partial charge in [-0.1, -0.05) is 12.1 Å². The summed E-state index contributed by atoms with van der Waals surface area (Å²) in [5, 5.41) is 10.6. The van der Waals surface area contributed by atoms with E-state index in [1.807, 2.05) is 30.3 Å². The van der Waals surface area contributed by atoms with Gasteiger partial charge in [0.05, 0.1) is 24.0 Å². The minimum atomic E-state index is -1.02. The van der Waals surface area contributed by atoms with Crippen LogP contribution in [-0.4, -0.2) is 53.1 Å². The Morgan fingerprint density at radius 2 is 1.66 bits per heavy atom. The van der Waals surface area contributed by atoms with E-state index in [1.54, 1.807) is 17.3 Å². The van der Waals surface area contributed by atoms with Crippen molar-refractivity contribution >= 4 is 23.2 Å². The van der Waals surface area contributed by atoms with Crippen LogP contribution in [0, 0.1) is 17.6 Å². The highest BCUT2D eigenvalue weighted by Gasteiger charge is 2.33. The van der Waals surface area contributed by atoms with E-state index in [9.17, 15) is 18.4 Å². The van der Waals surface area contributed by atoms with Crippen molar-refractivity contribution in [3.63, 3.8) is 0 Å². The third-order valence-electron chi connectivity index (χ3n) is 6.78. The van der Waals surface area contributed by atoms with E-state index in [0.29, 0.717) is 32.1 Å². The molecule has 2 aliphatic rings. The number of piperidine rings is 1. The molecule has 2 fully saturated rings. The normalized spacial score (nSPS) is 16.6. The molecule has 0 spiro atoms. The number of hydrogen-bond donors (Lipinski definition) is 1. The van der Waals surface area contributed by atoms with Crippen molar-refractivity contribution in [3.05, 3.63) is 83.7 Å². The molecule has 0 radical (unpaired) electrons. The number of halogens is 2. The molecule has 0 unspecified atom stereocenters. The summed E-state index contributed by atoms with van der Waals surface area (Å²) in [6.07, 6.45) is 4.89. The van der Waals surface area contributed by atoms with Gasteiger partial charge < -0.3 is 15.1 Å². The molecule has 3 heterocycles. The second-order valence-corrected chi connectivity index (χ2v) is 9.01. The number of hydrogen-bond acceptors (Lipinski definition) is 5. The van der Waals surface area contributed by atoms with Gasteiger partial charge in [-0.2, -0.15) is 10.2 Å². The maximum absolute atomic E-state index is 13.5. The number of anilines is 2. The second-order valence-electron chi connectivity index (χ2n) is 9.01. The zero-order valence-corrected chi connectivity index (χ0v) is 19.0. The number of benzene rings is 2. The van der Waals surface area contributed by atoms with Crippen LogP contribution in [0.15, 0.2) is 60.9 Å². The molecule has 9 heteroatoms. The van der Waals surface area contributed by atoms with Crippen molar-refractivity contribution in [2.45, 2.75) is 18.8 Å². The van der Waals surface area contributed by atoms with E-state index in [2.05, 4.69) is 20.4 Å². The van der Waals surface area contributed by atoms with Crippen molar-refractivity contribution in [3.8, 4) is 0 Å². The lowest BCUT2D eigenvalue weighted by Crippen LogP contribution is -2.52. The molecule has 5 rings (SSSR count).